The minimum absolute atomic E-state index is 0.0165. The van der Waals surface area contributed by atoms with Gasteiger partial charge in [-0.15, -0.1) is 11.8 Å². The van der Waals surface area contributed by atoms with Crippen LogP contribution < -0.4 is 10.6 Å². The van der Waals surface area contributed by atoms with Crippen LogP contribution in [0.4, 0.5) is 5.69 Å². The van der Waals surface area contributed by atoms with Crippen LogP contribution in [0.15, 0.2) is 53.4 Å². The molecule has 3 nitrogen and oxygen atoms in total. The second-order valence-electron chi connectivity index (χ2n) is 5.03. The van der Waals surface area contributed by atoms with E-state index in [0.717, 1.165) is 21.2 Å². The number of halogens is 1. The predicted octanol–water partition coefficient (Wildman–Crippen LogP) is 3.33. The summed E-state index contributed by atoms with van der Waals surface area (Å²) in [5, 5.41) is 5.64. The Morgan fingerprint density at radius 1 is 1.27 bits per heavy atom. The maximum absolute atomic E-state index is 12.1. The van der Waals surface area contributed by atoms with Gasteiger partial charge in [-0.2, -0.15) is 0 Å². The van der Waals surface area contributed by atoms with Crippen molar-refractivity contribution in [1.82, 2.24) is 0 Å². The zero-order chi connectivity index (χ0) is 15.9. The number of hydrogen-bond donors (Lipinski definition) is 2. The summed E-state index contributed by atoms with van der Waals surface area (Å²) in [7, 11) is 0. The van der Waals surface area contributed by atoms with Gasteiger partial charge in [0.05, 0.1) is 0 Å². The lowest BCUT2D eigenvalue weighted by atomic mass is 10.1. The van der Waals surface area contributed by atoms with Crippen molar-refractivity contribution in [3.63, 3.8) is 0 Å². The van der Waals surface area contributed by atoms with E-state index in [1.54, 1.807) is 11.8 Å². The number of nitrogens with two attached hydrogens (primary N) is 1. The van der Waals surface area contributed by atoms with E-state index >= 15 is 0 Å². The van der Waals surface area contributed by atoms with Gasteiger partial charge in [-0.25, -0.2) is 0 Å². The van der Waals surface area contributed by atoms with E-state index in [1.165, 1.54) is 0 Å². The van der Waals surface area contributed by atoms with Crippen LogP contribution in [0, 0.1) is 0 Å². The summed E-state index contributed by atoms with van der Waals surface area (Å²) < 4.78 is 0. The number of anilines is 1. The van der Waals surface area contributed by atoms with E-state index in [9.17, 15) is 4.79 Å². The van der Waals surface area contributed by atoms with Crippen molar-refractivity contribution in [2.75, 3.05) is 18.1 Å². The first-order valence-corrected chi connectivity index (χ1v) is 8.72. The fraction of sp³-hybridized carbons (Fsp3) is 0.235. The molecule has 0 saturated carbocycles. The molecule has 3 N–H and O–H groups in total. The number of nitrogens with one attached hydrogen (secondary N) is 1. The minimum Gasteiger partial charge on any atom is -0.332 e. The molecule has 2 aromatic carbocycles. The maximum atomic E-state index is 12.1. The molecule has 0 radical (unpaired) electrons. The molecule has 0 unspecified atom stereocenters. The Morgan fingerprint density at radius 2 is 2.05 bits per heavy atom. The first kappa shape index (κ1) is 16.9. The third kappa shape index (κ3) is 4.77. The Kier molecular flexibility index (Phi) is 6.31. The molecule has 0 heterocycles. The fourth-order valence-corrected chi connectivity index (χ4v) is 2.94. The van der Waals surface area contributed by atoms with Crippen LogP contribution in [0.25, 0.3) is 0 Å². The second-order valence-corrected chi connectivity index (χ2v) is 6.32. The highest BCUT2D eigenvalue weighted by Crippen LogP contribution is 2.20. The average molecular weight is 336 g/mol. The standard InChI is InChI=1S/C17H19ClN2OS/c1-12(15-8-3-4-9-16(15)18)19-11-17(21)20-13-6-5-7-14(10-13)22-2/h3-10,12,19H,11H2,1-2H3,(H,20,21)/p+1/t12-/m0/s1. The summed E-state index contributed by atoms with van der Waals surface area (Å²) >= 11 is 7.83. The normalized spacial score (nSPS) is 12.0. The van der Waals surface area contributed by atoms with Gasteiger partial charge in [-0.05, 0) is 37.4 Å². The largest absolute Gasteiger partial charge is 0.332 e. The van der Waals surface area contributed by atoms with Crippen LogP contribution >= 0.6 is 23.4 Å². The molecule has 2 rings (SSSR count). The molecular formula is C17H20ClN2OS+. The van der Waals surface area contributed by atoms with Crippen LogP contribution in [-0.2, 0) is 4.79 Å². The number of amides is 1. The van der Waals surface area contributed by atoms with Gasteiger partial charge in [0, 0.05) is 21.2 Å². The van der Waals surface area contributed by atoms with E-state index in [2.05, 4.69) is 5.32 Å². The van der Waals surface area contributed by atoms with Gasteiger partial charge in [-0.1, -0.05) is 35.9 Å². The van der Waals surface area contributed by atoms with Gasteiger partial charge in [0.25, 0.3) is 5.91 Å². The van der Waals surface area contributed by atoms with Gasteiger partial charge in [0.1, 0.15) is 6.04 Å². The van der Waals surface area contributed by atoms with Gasteiger partial charge >= 0.3 is 0 Å². The van der Waals surface area contributed by atoms with Crippen molar-refractivity contribution in [3.8, 4) is 0 Å². The Bertz CT molecular complexity index is 648. The maximum Gasteiger partial charge on any atom is 0.279 e. The van der Waals surface area contributed by atoms with Crippen molar-refractivity contribution < 1.29 is 10.1 Å². The van der Waals surface area contributed by atoms with E-state index in [0.29, 0.717) is 6.54 Å². The molecule has 116 valence electrons. The molecule has 0 fully saturated rings. The molecule has 0 spiro atoms. The lowest BCUT2D eigenvalue weighted by molar-refractivity contribution is -0.682. The number of rotatable bonds is 6. The molecule has 1 amide bonds. The van der Waals surface area contributed by atoms with Crippen LogP contribution in [0.2, 0.25) is 5.02 Å². The summed E-state index contributed by atoms with van der Waals surface area (Å²) in [6, 6.07) is 15.7. The topological polar surface area (TPSA) is 45.7 Å². The third-order valence-corrected chi connectivity index (χ3v) is 4.48. The monoisotopic (exact) mass is 335 g/mol. The molecular weight excluding hydrogens is 316 g/mol. The molecule has 1 atom stereocenters. The first-order chi connectivity index (χ1) is 10.6. The van der Waals surface area contributed by atoms with Gasteiger partial charge < -0.3 is 10.6 Å². The highest BCUT2D eigenvalue weighted by atomic mass is 35.5. The predicted molar refractivity (Wildman–Crippen MR) is 93.5 cm³/mol. The highest BCUT2D eigenvalue weighted by Gasteiger charge is 2.14. The second kappa shape index (κ2) is 8.22. The molecule has 0 aromatic heterocycles. The SMILES string of the molecule is CSc1cccc(NC(=O)C[NH2+][C@@H](C)c2ccccc2Cl)c1. The smallest absolute Gasteiger partial charge is 0.279 e. The van der Waals surface area contributed by atoms with Crippen molar-refractivity contribution in [2.45, 2.75) is 17.9 Å². The number of quaternary nitrogens is 1. The molecule has 22 heavy (non-hydrogen) atoms. The Balaban J connectivity index is 1.88. The molecule has 0 aliphatic carbocycles. The molecule has 0 saturated heterocycles. The fourth-order valence-electron chi connectivity index (χ4n) is 2.17. The number of thioether (sulfide) groups is 1. The van der Waals surface area contributed by atoms with E-state index in [1.807, 2.05) is 67.0 Å². The van der Waals surface area contributed by atoms with Crippen molar-refractivity contribution in [3.05, 3.63) is 59.1 Å². The first-order valence-electron chi connectivity index (χ1n) is 7.12. The van der Waals surface area contributed by atoms with Crippen LogP contribution in [-0.4, -0.2) is 18.7 Å². The molecule has 2 aromatic rings. The molecule has 0 aliphatic heterocycles. The summed E-state index contributed by atoms with van der Waals surface area (Å²) in [6.45, 7) is 2.40. The van der Waals surface area contributed by atoms with Crippen molar-refractivity contribution >= 4 is 35.0 Å². The van der Waals surface area contributed by atoms with Crippen molar-refractivity contribution in [1.29, 1.82) is 0 Å². The minimum atomic E-state index is -0.0165. The van der Waals surface area contributed by atoms with Crippen LogP contribution in [0.1, 0.15) is 18.5 Å². The summed E-state index contributed by atoms with van der Waals surface area (Å²) in [4.78, 5) is 13.2. The average Bonchev–Trinajstić information content (AvgIpc) is 2.53. The lowest BCUT2D eigenvalue weighted by Gasteiger charge is -2.12. The highest BCUT2D eigenvalue weighted by molar-refractivity contribution is 7.98. The van der Waals surface area contributed by atoms with Crippen LogP contribution in [0.3, 0.4) is 0 Å². The molecule has 0 aliphatic rings. The zero-order valence-corrected chi connectivity index (χ0v) is 14.2. The quantitative estimate of drug-likeness (QED) is 0.795. The van der Waals surface area contributed by atoms with Crippen LogP contribution in [0.5, 0.6) is 0 Å². The Hall–Kier alpha value is -1.49. The van der Waals surface area contributed by atoms with E-state index < -0.39 is 0 Å². The summed E-state index contributed by atoms with van der Waals surface area (Å²) in [5.41, 5.74) is 1.87. The molecule has 0 bridgehead atoms. The molecule has 5 heteroatoms. The van der Waals surface area contributed by atoms with Crippen molar-refractivity contribution in [2.24, 2.45) is 0 Å². The Morgan fingerprint density at radius 3 is 2.77 bits per heavy atom. The number of carbonyl (C=O) groups is 1. The van der Waals surface area contributed by atoms with E-state index in [-0.39, 0.29) is 11.9 Å². The summed E-state index contributed by atoms with van der Waals surface area (Å²) in [6.07, 6.45) is 2.01. The van der Waals surface area contributed by atoms with Gasteiger partial charge in [0.2, 0.25) is 0 Å². The number of benzene rings is 2. The Labute approximate surface area is 140 Å². The zero-order valence-electron chi connectivity index (χ0n) is 12.7. The summed E-state index contributed by atoms with van der Waals surface area (Å²) in [5.74, 6) is -0.0165. The third-order valence-electron chi connectivity index (χ3n) is 3.41. The van der Waals surface area contributed by atoms with Gasteiger partial charge in [-0.3, -0.25) is 4.79 Å². The lowest BCUT2D eigenvalue weighted by Crippen LogP contribution is -2.86. The van der Waals surface area contributed by atoms with Gasteiger partial charge in [0.15, 0.2) is 6.54 Å². The van der Waals surface area contributed by atoms with E-state index in [4.69, 9.17) is 11.6 Å². The number of carbonyl (C=O) groups excluding carboxylic acids is 1. The number of hydrogen-bond acceptors (Lipinski definition) is 2.